The van der Waals surface area contributed by atoms with Gasteiger partial charge >= 0.3 is 0 Å². The van der Waals surface area contributed by atoms with Gasteiger partial charge in [-0.3, -0.25) is 4.79 Å². The van der Waals surface area contributed by atoms with Gasteiger partial charge in [0.05, 0.1) is 11.9 Å². The van der Waals surface area contributed by atoms with Gasteiger partial charge in [0.1, 0.15) is 4.47 Å². The summed E-state index contributed by atoms with van der Waals surface area (Å²) in [6, 6.07) is 0.457. The predicted octanol–water partition coefficient (Wildman–Crippen LogP) is 2.63. The lowest BCUT2D eigenvalue weighted by Gasteiger charge is -2.28. The number of halogens is 1. The van der Waals surface area contributed by atoms with Crippen molar-refractivity contribution >= 4 is 33.4 Å². The third-order valence-electron chi connectivity index (χ3n) is 3.45. The van der Waals surface area contributed by atoms with Gasteiger partial charge in [-0.2, -0.15) is 16.9 Å². The predicted molar refractivity (Wildman–Crippen MR) is 80.4 cm³/mol. The van der Waals surface area contributed by atoms with E-state index < -0.39 is 0 Å². The van der Waals surface area contributed by atoms with E-state index in [0.717, 1.165) is 23.8 Å². The van der Waals surface area contributed by atoms with Gasteiger partial charge in [0.15, 0.2) is 0 Å². The van der Waals surface area contributed by atoms with Crippen molar-refractivity contribution in [1.29, 1.82) is 0 Å². The zero-order chi connectivity index (χ0) is 13.1. The van der Waals surface area contributed by atoms with Crippen molar-refractivity contribution in [2.45, 2.75) is 37.0 Å². The lowest BCUT2D eigenvalue weighted by molar-refractivity contribution is 0.472. The number of hydrogen-bond donors (Lipinski definition) is 1. The molecular formula is C12H18BrN3OS. The second kappa shape index (κ2) is 6.10. The maximum atomic E-state index is 11.7. The van der Waals surface area contributed by atoms with Crippen LogP contribution in [0.25, 0.3) is 0 Å². The highest BCUT2D eigenvalue weighted by atomic mass is 79.9. The summed E-state index contributed by atoms with van der Waals surface area (Å²) in [5, 5.41) is 8.27. The monoisotopic (exact) mass is 331 g/mol. The summed E-state index contributed by atoms with van der Waals surface area (Å²) in [7, 11) is 1.65. The van der Waals surface area contributed by atoms with Crippen LogP contribution in [0, 0.1) is 0 Å². The average molecular weight is 332 g/mol. The zero-order valence-electron chi connectivity index (χ0n) is 10.6. The highest BCUT2D eigenvalue weighted by molar-refractivity contribution is 9.10. The van der Waals surface area contributed by atoms with Crippen molar-refractivity contribution < 1.29 is 0 Å². The molecule has 4 nitrogen and oxygen atoms in total. The number of rotatable bonds is 3. The molecule has 1 saturated carbocycles. The summed E-state index contributed by atoms with van der Waals surface area (Å²) >= 11 is 5.30. The molecule has 0 atom stereocenters. The summed E-state index contributed by atoms with van der Waals surface area (Å²) in [4.78, 5) is 11.7. The Balaban J connectivity index is 2.03. The van der Waals surface area contributed by atoms with Gasteiger partial charge in [0, 0.05) is 18.3 Å². The maximum Gasteiger partial charge on any atom is 0.282 e. The quantitative estimate of drug-likeness (QED) is 0.924. The summed E-state index contributed by atoms with van der Waals surface area (Å²) in [6.45, 7) is 0. The zero-order valence-corrected chi connectivity index (χ0v) is 13.1. The van der Waals surface area contributed by atoms with E-state index in [1.807, 2.05) is 11.8 Å². The van der Waals surface area contributed by atoms with Crippen LogP contribution in [-0.2, 0) is 7.05 Å². The molecule has 100 valence electrons. The molecule has 0 spiro atoms. The minimum Gasteiger partial charge on any atom is -0.380 e. The number of aromatic nitrogens is 2. The normalized spacial score (nSPS) is 23.9. The molecule has 0 radical (unpaired) electrons. The Bertz CT molecular complexity index is 469. The summed E-state index contributed by atoms with van der Waals surface area (Å²) in [5.41, 5.74) is 0.712. The molecule has 1 heterocycles. The third-order valence-corrected chi connectivity index (χ3v) is 5.35. The van der Waals surface area contributed by atoms with E-state index >= 15 is 0 Å². The highest BCUT2D eigenvalue weighted by Gasteiger charge is 2.21. The third kappa shape index (κ3) is 3.09. The van der Waals surface area contributed by atoms with Crippen molar-refractivity contribution in [2.24, 2.45) is 7.05 Å². The molecule has 1 aromatic heterocycles. The fraction of sp³-hybridized carbons (Fsp3) is 0.667. The van der Waals surface area contributed by atoms with E-state index in [1.165, 1.54) is 17.5 Å². The molecule has 0 aromatic carbocycles. The molecule has 1 aliphatic carbocycles. The molecule has 0 unspecified atom stereocenters. The Labute approximate surface area is 120 Å². The molecule has 1 aliphatic rings. The summed E-state index contributed by atoms with van der Waals surface area (Å²) in [6.07, 6.45) is 8.70. The van der Waals surface area contributed by atoms with E-state index in [1.54, 1.807) is 13.2 Å². The molecule has 0 aliphatic heterocycles. The first-order valence-corrected chi connectivity index (χ1v) is 8.21. The smallest absolute Gasteiger partial charge is 0.282 e. The van der Waals surface area contributed by atoms with Gasteiger partial charge in [-0.1, -0.05) is 0 Å². The molecule has 2 rings (SSSR count). The first-order chi connectivity index (χ1) is 8.61. The molecule has 0 saturated heterocycles. The van der Waals surface area contributed by atoms with Crippen LogP contribution >= 0.6 is 27.7 Å². The maximum absolute atomic E-state index is 11.7. The molecule has 1 aromatic rings. The molecule has 18 heavy (non-hydrogen) atoms. The SMILES string of the molecule is CSC1CCC(Nc2cnn(C)c(=O)c2Br)CC1. The van der Waals surface area contributed by atoms with Gasteiger partial charge in [-0.25, -0.2) is 4.68 Å². The molecule has 1 N–H and O–H groups in total. The van der Waals surface area contributed by atoms with Crippen LogP contribution in [0.4, 0.5) is 5.69 Å². The lowest BCUT2D eigenvalue weighted by atomic mass is 9.95. The van der Waals surface area contributed by atoms with Crippen LogP contribution in [0.15, 0.2) is 15.5 Å². The molecule has 6 heteroatoms. The largest absolute Gasteiger partial charge is 0.380 e. The second-order valence-corrected chi connectivity index (χ2v) is 6.59. The fourth-order valence-corrected chi connectivity index (χ4v) is 3.49. The van der Waals surface area contributed by atoms with Crippen molar-refractivity contribution in [3.63, 3.8) is 0 Å². The fourth-order valence-electron chi connectivity index (χ4n) is 2.27. The van der Waals surface area contributed by atoms with E-state index in [4.69, 9.17) is 0 Å². The molecule has 0 bridgehead atoms. The van der Waals surface area contributed by atoms with Crippen LogP contribution in [0.2, 0.25) is 0 Å². The van der Waals surface area contributed by atoms with Crippen molar-refractivity contribution in [3.8, 4) is 0 Å². The number of aryl methyl sites for hydroxylation is 1. The number of nitrogens with one attached hydrogen (secondary N) is 1. The molecule has 1 fully saturated rings. The van der Waals surface area contributed by atoms with Crippen LogP contribution in [-0.4, -0.2) is 27.3 Å². The van der Waals surface area contributed by atoms with Crippen molar-refractivity contribution in [1.82, 2.24) is 9.78 Å². The Hall–Kier alpha value is -0.490. The minimum absolute atomic E-state index is 0.0993. The van der Waals surface area contributed by atoms with Crippen LogP contribution < -0.4 is 10.9 Å². The molecule has 0 amide bonds. The number of anilines is 1. The van der Waals surface area contributed by atoms with E-state index in [9.17, 15) is 4.79 Å². The topological polar surface area (TPSA) is 46.9 Å². The van der Waals surface area contributed by atoms with E-state index in [-0.39, 0.29) is 5.56 Å². The van der Waals surface area contributed by atoms with Gasteiger partial charge in [-0.05, 0) is 47.9 Å². The lowest BCUT2D eigenvalue weighted by Crippen LogP contribution is -2.29. The Morgan fingerprint density at radius 2 is 2.11 bits per heavy atom. The Morgan fingerprint density at radius 3 is 2.72 bits per heavy atom. The van der Waals surface area contributed by atoms with Gasteiger partial charge in [-0.15, -0.1) is 0 Å². The molecular weight excluding hydrogens is 314 g/mol. The van der Waals surface area contributed by atoms with Crippen molar-refractivity contribution in [3.05, 3.63) is 21.0 Å². The second-order valence-electron chi connectivity index (χ2n) is 4.65. The highest BCUT2D eigenvalue weighted by Crippen LogP contribution is 2.29. The number of nitrogens with zero attached hydrogens (tertiary/aromatic N) is 2. The minimum atomic E-state index is -0.0993. The van der Waals surface area contributed by atoms with Gasteiger partial charge < -0.3 is 5.32 Å². The standard InChI is InChI=1S/C12H18BrN3OS/c1-16-12(17)11(13)10(7-14-16)15-8-3-5-9(18-2)6-4-8/h7-9,15H,3-6H2,1-2H3. The van der Waals surface area contributed by atoms with Gasteiger partial charge in [0.25, 0.3) is 5.56 Å². The number of thioether (sulfide) groups is 1. The first kappa shape index (κ1) is 13.9. The van der Waals surface area contributed by atoms with Crippen LogP contribution in [0.3, 0.4) is 0 Å². The first-order valence-electron chi connectivity index (χ1n) is 6.13. The Morgan fingerprint density at radius 1 is 1.44 bits per heavy atom. The van der Waals surface area contributed by atoms with E-state index in [0.29, 0.717) is 10.5 Å². The van der Waals surface area contributed by atoms with Crippen LogP contribution in [0.1, 0.15) is 25.7 Å². The summed E-state index contributed by atoms with van der Waals surface area (Å²) < 4.78 is 1.91. The van der Waals surface area contributed by atoms with E-state index in [2.05, 4.69) is 32.6 Å². The van der Waals surface area contributed by atoms with Gasteiger partial charge in [0.2, 0.25) is 0 Å². The Kier molecular flexibility index (Phi) is 4.72. The van der Waals surface area contributed by atoms with Crippen LogP contribution in [0.5, 0.6) is 0 Å². The summed E-state index contributed by atoms with van der Waals surface area (Å²) in [5.74, 6) is 0. The number of hydrogen-bond acceptors (Lipinski definition) is 4. The average Bonchev–Trinajstić information content (AvgIpc) is 2.40. The van der Waals surface area contributed by atoms with Crippen molar-refractivity contribution in [2.75, 3.05) is 11.6 Å².